The van der Waals surface area contributed by atoms with E-state index in [0.29, 0.717) is 0 Å². The van der Waals surface area contributed by atoms with Gasteiger partial charge in [-0.15, -0.1) is 0 Å². The maximum absolute atomic E-state index is 5.70. The highest BCUT2D eigenvalue weighted by atomic mass is 16.5. The zero-order valence-electron chi connectivity index (χ0n) is 11.2. The fraction of sp³-hybridized carbons (Fsp3) is 0.267. The van der Waals surface area contributed by atoms with Gasteiger partial charge < -0.3 is 4.74 Å². The predicted octanol–water partition coefficient (Wildman–Crippen LogP) is 2.42. The quantitative estimate of drug-likeness (QED) is 0.638. The van der Waals surface area contributed by atoms with E-state index < -0.39 is 0 Å². The van der Waals surface area contributed by atoms with Crippen molar-refractivity contribution in [1.29, 1.82) is 0 Å². The molecule has 0 aliphatic rings. The molecule has 2 aromatic rings. The molecule has 19 heavy (non-hydrogen) atoms. The summed E-state index contributed by atoms with van der Waals surface area (Å²) in [6.07, 6.45) is 3.70. The van der Waals surface area contributed by atoms with Gasteiger partial charge in [-0.1, -0.05) is 18.2 Å². The molecule has 0 amide bonds. The van der Waals surface area contributed by atoms with Gasteiger partial charge in [-0.3, -0.25) is 10.8 Å². The molecule has 0 saturated carbocycles. The Hall–Kier alpha value is -1.91. The van der Waals surface area contributed by atoms with Crippen LogP contribution in [0.2, 0.25) is 0 Å². The molecule has 4 heteroatoms. The molecule has 0 bridgehead atoms. The third-order valence-corrected chi connectivity index (χ3v) is 2.75. The first-order chi connectivity index (χ1) is 9.20. The summed E-state index contributed by atoms with van der Waals surface area (Å²) in [4.78, 5) is 4.12. The predicted molar refractivity (Wildman–Crippen MR) is 75.6 cm³/mol. The summed E-state index contributed by atoms with van der Waals surface area (Å²) < 4.78 is 5.70. The van der Waals surface area contributed by atoms with E-state index >= 15 is 0 Å². The molecule has 0 fully saturated rings. The molecular weight excluding hydrogens is 238 g/mol. The maximum Gasteiger partial charge on any atom is 0.120 e. The molecular formula is C15H19N3O. The summed E-state index contributed by atoms with van der Waals surface area (Å²) in [7, 11) is 0. The molecule has 1 unspecified atom stereocenters. The molecule has 3 N–H and O–H groups in total. The van der Waals surface area contributed by atoms with Crippen LogP contribution in [-0.2, 0) is 0 Å². The fourth-order valence-electron chi connectivity index (χ4n) is 1.97. The molecule has 0 aliphatic heterocycles. The second-order valence-electron chi connectivity index (χ2n) is 4.63. The van der Waals surface area contributed by atoms with E-state index in [9.17, 15) is 0 Å². The minimum atomic E-state index is -0.0931. The van der Waals surface area contributed by atoms with E-state index in [2.05, 4.69) is 10.4 Å². The molecule has 1 aromatic heterocycles. The fourth-order valence-corrected chi connectivity index (χ4v) is 1.97. The molecule has 4 nitrogen and oxygen atoms in total. The maximum atomic E-state index is 5.70. The Labute approximate surface area is 113 Å². The van der Waals surface area contributed by atoms with E-state index in [1.165, 1.54) is 0 Å². The summed E-state index contributed by atoms with van der Waals surface area (Å²) in [5.74, 6) is 6.51. The number of aromatic nitrogens is 1. The van der Waals surface area contributed by atoms with Crippen LogP contribution in [0.3, 0.4) is 0 Å². The molecule has 1 heterocycles. The Morgan fingerprint density at radius 3 is 2.58 bits per heavy atom. The number of hydrogen-bond donors (Lipinski definition) is 2. The largest absolute Gasteiger partial charge is 0.491 e. The second kappa shape index (κ2) is 6.31. The van der Waals surface area contributed by atoms with Crippen molar-refractivity contribution in [3.63, 3.8) is 0 Å². The first kappa shape index (κ1) is 13.5. The van der Waals surface area contributed by atoms with Gasteiger partial charge in [0.2, 0.25) is 0 Å². The minimum Gasteiger partial charge on any atom is -0.491 e. The Bertz CT molecular complexity index is 514. The van der Waals surface area contributed by atoms with Crippen molar-refractivity contribution in [3.8, 4) is 5.75 Å². The minimum absolute atomic E-state index is 0.0931. The lowest BCUT2D eigenvalue weighted by Gasteiger charge is -2.18. The van der Waals surface area contributed by atoms with E-state index in [1.54, 1.807) is 12.4 Å². The number of hydrogen-bond acceptors (Lipinski definition) is 4. The molecule has 100 valence electrons. The lowest BCUT2D eigenvalue weighted by Crippen LogP contribution is -2.28. The average Bonchev–Trinajstić information content (AvgIpc) is 2.40. The summed E-state index contributed by atoms with van der Waals surface area (Å²) in [6.45, 7) is 4.01. The van der Waals surface area contributed by atoms with Crippen molar-refractivity contribution in [2.45, 2.75) is 26.0 Å². The van der Waals surface area contributed by atoms with Gasteiger partial charge in [-0.05, 0) is 43.2 Å². The summed E-state index contributed by atoms with van der Waals surface area (Å²) in [5, 5.41) is 0. The van der Waals surface area contributed by atoms with Gasteiger partial charge in [0.05, 0.1) is 12.1 Å². The van der Waals surface area contributed by atoms with Gasteiger partial charge in [-0.25, -0.2) is 5.43 Å². The van der Waals surface area contributed by atoms with Gasteiger partial charge in [0.1, 0.15) is 5.75 Å². The van der Waals surface area contributed by atoms with Crippen molar-refractivity contribution in [1.82, 2.24) is 10.4 Å². The SMILES string of the molecule is CC(C)Oc1cccc(C(NN)c2cccnc2)c1. The molecule has 2 rings (SSSR count). The first-order valence-corrected chi connectivity index (χ1v) is 6.33. The number of nitrogens with zero attached hydrogens (tertiary/aromatic N) is 1. The van der Waals surface area contributed by atoms with Crippen LogP contribution < -0.4 is 16.0 Å². The number of nitrogens with one attached hydrogen (secondary N) is 1. The third-order valence-electron chi connectivity index (χ3n) is 2.75. The molecule has 1 atom stereocenters. The monoisotopic (exact) mass is 257 g/mol. The van der Waals surface area contributed by atoms with Crippen LogP contribution in [-0.4, -0.2) is 11.1 Å². The average molecular weight is 257 g/mol. The van der Waals surface area contributed by atoms with Crippen LogP contribution >= 0.6 is 0 Å². The summed E-state index contributed by atoms with van der Waals surface area (Å²) in [6, 6.07) is 11.7. The van der Waals surface area contributed by atoms with Gasteiger partial charge in [0.25, 0.3) is 0 Å². The summed E-state index contributed by atoms with van der Waals surface area (Å²) in [5.41, 5.74) is 4.89. The number of benzene rings is 1. The molecule has 0 spiro atoms. The Balaban J connectivity index is 2.28. The molecule has 0 radical (unpaired) electrons. The van der Waals surface area contributed by atoms with E-state index in [1.807, 2.05) is 50.2 Å². The number of hydrazine groups is 1. The van der Waals surface area contributed by atoms with Crippen LogP contribution in [0.1, 0.15) is 31.0 Å². The zero-order chi connectivity index (χ0) is 13.7. The summed E-state index contributed by atoms with van der Waals surface area (Å²) >= 11 is 0. The van der Waals surface area contributed by atoms with E-state index in [-0.39, 0.29) is 12.1 Å². The molecule has 0 saturated heterocycles. The van der Waals surface area contributed by atoms with Gasteiger partial charge in [0, 0.05) is 12.4 Å². The van der Waals surface area contributed by atoms with Gasteiger partial charge in [0.15, 0.2) is 0 Å². The molecule has 0 aliphatic carbocycles. The van der Waals surface area contributed by atoms with Crippen molar-refractivity contribution in [2.75, 3.05) is 0 Å². The standard InChI is InChI=1S/C15H19N3O/c1-11(2)19-14-7-3-5-12(9-14)15(18-16)13-6-4-8-17-10-13/h3-11,15,18H,16H2,1-2H3. The number of ether oxygens (including phenoxy) is 1. The second-order valence-corrected chi connectivity index (χ2v) is 4.63. The van der Waals surface area contributed by atoms with Crippen molar-refractivity contribution < 1.29 is 4.74 Å². The molecule has 1 aromatic carbocycles. The van der Waals surface area contributed by atoms with E-state index in [4.69, 9.17) is 10.6 Å². The first-order valence-electron chi connectivity index (χ1n) is 6.33. The highest BCUT2D eigenvalue weighted by molar-refractivity contribution is 5.35. The lowest BCUT2D eigenvalue weighted by atomic mass is 10.0. The van der Waals surface area contributed by atoms with Gasteiger partial charge in [-0.2, -0.15) is 0 Å². The Morgan fingerprint density at radius 1 is 1.16 bits per heavy atom. The smallest absolute Gasteiger partial charge is 0.120 e. The van der Waals surface area contributed by atoms with Gasteiger partial charge >= 0.3 is 0 Å². The highest BCUT2D eigenvalue weighted by Crippen LogP contribution is 2.24. The van der Waals surface area contributed by atoms with E-state index in [0.717, 1.165) is 16.9 Å². The van der Waals surface area contributed by atoms with Crippen molar-refractivity contribution in [2.24, 2.45) is 5.84 Å². The number of rotatable bonds is 5. The Morgan fingerprint density at radius 2 is 1.95 bits per heavy atom. The van der Waals surface area contributed by atoms with Crippen molar-refractivity contribution >= 4 is 0 Å². The van der Waals surface area contributed by atoms with Crippen LogP contribution in [0.5, 0.6) is 5.75 Å². The highest BCUT2D eigenvalue weighted by Gasteiger charge is 2.13. The third kappa shape index (κ3) is 3.53. The lowest BCUT2D eigenvalue weighted by molar-refractivity contribution is 0.242. The number of nitrogens with two attached hydrogens (primary N) is 1. The normalized spacial score (nSPS) is 12.4. The van der Waals surface area contributed by atoms with Crippen molar-refractivity contribution in [3.05, 3.63) is 59.9 Å². The zero-order valence-corrected chi connectivity index (χ0v) is 11.2. The topological polar surface area (TPSA) is 60.2 Å². The van der Waals surface area contributed by atoms with Crippen LogP contribution in [0.4, 0.5) is 0 Å². The van der Waals surface area contributed by atoms with Crippen LogP contribution in [0.15, 0.2) is 48.8 Å². The number of pyridine rings is 1. The van der Waals surface area contributed by atoms with Crippen LogP contribution in [0, 0.1) is 0 Å². The Kier molecular flexibility index (Phi) is 4.49. The van der Waals surface area contributed by atoms with Crippen LogP contribution in [0.25, 0.3) is 0 Å².